The molecule has 1 fully saturated rings. The second kappa shape index (κ2) is 3.60. The number of aliphatic carboxylic acids is 1. The van der Waals surface area contributed by atoms with Gasteiger partial charge in [0.15, 0.2) is 0 Å². The van der Waals surface area contributed by atoms with Gasteiger partial charge in [-0.2, -0.15) is 13.2 Å². The van der Waals surface area contributed by atoms with Gasteiger partial charge in [0.05, 0.1) is 0 Å². The Kier molecular flexibility index (Phi) is 2.81. The number of imide groups is 1. The Balaban J connectivity index is 3.14. The Hall–Kier alpha value is -1.80. The van der Waals surface area contributed by atoms with Gasteiger partial charge in [-0.05, 0) is 13.8 Å². The highest BCUT2D eigenvalue weighted by molar-refractivity contribution is 6.09. The minimum absolute atomic E-state index is 0.0514. The summed E-state index contributed by atoms with van der Waals surface area (Å²) in [5.41, 5.74) is -3.08. The lowest BCUT2D eigenvalue weighted by Crippen LogP contribution is -2.56. The molecule has 2 unspecified atom stereocenters. The molecule has 1 aliphatic heterocycles. The van der Waals surface area contributed by atoms with Crippen LogP contribution in [0.4, 0.5) is 18.0 Å². The third-order valence-corrected chi connectivity index (χ3v) is 2.53. The predicted molar refractivity (Wildman–Crippen MR) is 46.9 cm³/mol. The number of hydrogen-bond acceptors (Lipinski definition) is 3. The van der Waals surface area contributed by atoms with Crippen LogP contribution in [0.25, 0.3) is 0 Å². The van der Waals surface area contributed by atoms with E-state index in [2.05, 4.69) is 0 Å². The molecule has 0 radical (unpaired) electrons. The zero-order chi connectivity index (χ0) is 13.6. The van der Waals surface area contributed by atoms with E-state index < -0.39 is 35.7 Å². The zero-order valence-corrected chi connectivity index (χ0v) is 8.83. The number of carbonyl (C=O) groups excluding carboxylic acids is 2. The summed E-state index contributed by atoms with van der Waals surface area (Å²) >= 11 is 0. The summed E-state index contributed by atoms with van der Waals surface area (Å²) in [6.45, 7) is 1.43. The molecule has 0 aromatic heterocycles. The Bertz CT molecular complexity index is 395. The molecular weight excluding hydrogens is 245 g/mol. The van der Waals surface area contributed by atoms with E-state index in [4.69, 9.17) is 5.11 Å². The van der Waals surface area contributed by atoms with Crippen molar-refractivity contribution in [3.63, 3.8) is 0 Å². The predicted octanol–water partition coefficient (Wildman–Crippen LogP) is 0.332. The van der Waals surface area contributed by atoms with Crippen LogP contribution in [-0.4, -0.2) is 45.7 Å². The number of halogens is 3. The van der Waals surface area contributed by atoms with E-state index in [1.54, 1.807) is 0 Å². The minimum atomic E-state index is -4.99. The molecule has 0 aliphatic carbocycles. The largest absolute Gasteiger partial charge is 0.480 e. The van der Waals surface area contributed by atoms with Gasteiger partial charge in [-0.1, -0.05) is 0 Å². The van der Waals surface area contributed by atoms with E-state index in [0.717, 1.165) is 6.92 Å². The number of carboxylic acids is 1. The standard InChI is InChI=1S/C8H9F3N2O4/c1-3(4(14)15)13-5(16)7(2,8(9,10)11)12-6(13)17/h3H,1-2H3,(H,12,17)(H,14,15). The molecule has 0 aromatic rings. The fraction of sp³-hybridized carbons (Fsp3) is 0.625. The van der Waals surface area contributed by atoms with Crippen molar-refractivity contribution in [3.8, 4) is 0 Å². The van der Waals surface area contributed by atoms with Gasteiger partial charge < -0.3 is 10.4 Å². The summed E-state index contributed by atoms with van der Waals surface area (Å²) in [5.74, 6) is -3.19. The average Bonchev–Trinajstić information content (AvgIpc) is 2.37. The number of nitrogens with zero attached hydrogens (tertiary/aromatic N) is 1. The third-order valence-electron chi connectivity index (χ3n) is 2.53. The lowest BCUT2D eigenvalue weighted by atomic mass is 10.0. The summed E-state index contributed by atoms with van der Waals surface area (Å²) in [4.78, 5) is 33.3. The average molecular weight is 254 g/mol. The van der Waals surface area contributed by atoms with Crippen molar-refractivity contribution in [1.82, 2.24) is 10.2 Å². The van der Waals surface area contributed by atoms with Crippen molar-refractivity contribution >= 4 is 17.9 Å². The van der Waals surface area contributed by atoms with E-state index in [1.807, 2.05) is 0 Å². The van der Waals surface area contributed by atoms with Crippen LogP contribution in [0.1, 0.15) is 13.8 Å². The number of carbonyl (C=O) groups is 3. The van der Waals surface area contributed by atoms with Crippen LogP contribution in [0.3, 0.4) is 0 Å². The number of amides is 3. The first kappa shape index (κ1) is 13.3. The number of hydrogen-bond donors (Lipinski definition) is 2. The third kappa shape index (κ3) is 1.81. The van der Waals surface area contributed by atoms with Crippen LogP contribution >= 0.6 is 0 Å². The Morgan fingerprint density at radius 3 is 2.24 bits per heavy atom. The molecule has 1 aliphatic rings. The summed E-state index contributed by atoms with van der Waals surface area (Å²) in [6.07, 6.45) is -4.99. The molecule has 1 rings (SSSR count). The number of alkyl halides is 3. The van der Waals surface area contributed by atoms with Gasteiger partial charge in [0.25, 0.3) is 5.91 Å². The second-order valence-electron chi connectivity index (χ2n) is 3.74. The topological polar surface area (TPSA) is 86.7 Å². The molecule has 17 heavy (non-hydrogen) atoms. The molecule has 6 nitrogen and oxygen atoms in total. The minimum Gasteiger partial charge on any atom is -0.480 e. The summed E-state index contributed by atoms with van der Waals surface area (Å²) < 4.78 is 37.8. The van der Waals surface area contributed by atoms with Crippen LogP contribution in [0, 0.1) is 0 Å². The summed E-state index contributed by atoms with van der Waals surface area (Å²) in [7, 11) is 0. The quantitative estimate of drug-likeness (QED) is 0.695. The van der Waals surface area contributed by atoms with Crippen molar-refractivity contribution in [2.75, 3.05) is 0 Å². The highest BCUT2D eigenvalue weighted by Crippen LogP contribution is 2.35. The first-order valence-electron chi connectivity index (χ1n) is 4.47. The molecule has 0 spiro atoms. The van der Waals surface area contributed by atoms with E-state index >= 15 is 0 Å². The molecule has 2 atom stereocenters. The molecule has 96 valence electrons. The van der Waals surface area contributed by atoms with Gasteiger partial charge in [0, 0.05) is 0 Å². The molecule has 1 saturated heterocycles. The lowest BCUT2D eigenvalue weighted by molar-refractivity contribution is -0.192. The van der Waals surface area contributed by atoms with Crippen molar-refractivity contribution in [1.29, 1.82) is 0 Å². The molecule has 0 aromatic carbocycles. The number of rotatable bonds is 2. The number of nitrogens with one attached hydrogen (secondary N) is 1. The fourth-order valence-electron chi connectivity index (χ4n) is 1.32. The number of carboxylic acid groups (broad SMARTS) is 1. The van der Waals surface area contributed by atoms with E-state index in [9.17, 15) is 27.6 Å². The van der Waals surface area contributed by atoms with Crippen molar-refractivity contribution in [2.45, 2.75) is 31.6 Å². The van der Waals surface area contributed by atoms with Gasteiger partial charge in [-0.15, -0.1) is 0 Å². The highest BCUT2D eigenvalue weighted by Gasteiger charge is 2.65. The second-order valence-corrected chi connectivity index (χ2v) is 3.74. The monoisotopic (exact) mass is 254 g/mol. The maximum Gasteiger partial charge on any atom is 0.420 e. The molecule has 2 N–H and O–H groups in total. The van der Waals surface area contributed by atoms with E-state index in [1.165, 1.54) is 5.32 Å². The van der Waals surface area contributed by atoms with Gasteiger partial charge >= 0.3 is 18.2 Å². The van der Waals surface area contributed by atoms with E-state index in [0.29, 0.717) is 6.92 Å². The Morgan fingerprint density at radius 1 is 1.47 bits per heavy atom. The lowest BCUT2D eigenvalue weighted by Gasteiger charge is -2.25. The molecule has 3 amide bonds. The molecule has 0 saturated carbocycles. The number of urea groups is 1. The summed E-state index contributed by atoms with van der Waals surface area (Å²) in [6, 6.07) is -3.03. The smallest absolute Gasteiger partial charge is 0.420 e. The van der Waals surface area contributed by atoms with Crippen LogP contribution in [0.2, 0.25) is 0 Å². The molecular formula is C8H9F3N2O4. The maximum absolute atomic E-state index is 12.6. The van der Waals surface area contributed by atoms with Gasteiger partial charge in [0.2, 0.25) is 5.54 Å². The maximum atomic E-state index is 12.6. The SMILES string of the molecule is CC(C(=O)O)N1C(=O)NC(C)(C(F)(F)F)C1=O. The zero-order valence-electron chi connectivity index (χ0n) is 8.83. The van der Waals surface area contributed by atoms with Crippen molar-refractivity contribution in [3.05, 3.63) is 0 Å². The van der Waals surface area contributed by atoms with E-state index in [-0.39, 0.29) is 4.90 Å². The Labute approximate surface area is 93.4 Å². The van der Waals surface area contributed by atoms with Gasteiger partial charge in [-0.3, -0.25) is 4.79 Å². The van der Waals surface area contributed by atoms with Crippen LogP contribution in [0.5, 0.6) is 0 Å². The first-order valence-corrected chi connectivity index (χ1v) is 4.47. The normalized spacial score (nSPS) is 27.0. The molecule has 0 bridgehead atoms. The molecule has 1 heterocycles. The van der Waals surface area contributed by atoms with Crippen molar-refractivity contribution < 1.29 is 32.7 Å². The summed E-state index contributed by atoms with van der Waals surface area (Å²) in [5, 5.41) is 10.1. The van der Waals surface area contributed by atoms with Gasteiger partial charge in [0.1, 0.15) is 6.04 Å². The van der Waals surface area contributed by atoms with Crippen molar-refractivity contribution in [2.24, 2.45) is 0 Å². The van der Waals surface area contributed by atoms with Crippen LogP contribution in [-0.2, 0) is 9.59 Å². The van der Waals surface area contributed by atoms with Gasteiger partial charge in [-0.25, -0.2) is 14.5 Å². The fourth-order valence-corrected chi connectivity index (χ4v) is 1.32. The Morgan fingerprint density at radius 2 is 1.94 bits per heavy atom. The van der Waals surface area contributed by atoms with Crippen LogP contribution < -0.4 is 5.32 Å². The highest BCUT2D eigenvalue weighted by atomic mass is 19.4. The first-order chi connectivity index (χ1) is 7.52. The van der Waals surface area contributed by atoms with Crippen LogP contribution in [0.15, 0.2) is 0 Å². The molecule has 9 heteroatoms.